The molecule has 0 unspecified atom stereocenters. The summed E-state index contributed by atoms with van der Waals surface area (Å²) in [6.07, 6.45) is 0.809. The highest BCUT2D eigenvalue weighted by molar-refractivity contribution is 7.89. The van der Waals surface area contributed by atoms with E-state index in [1.54, 1.807) is 6.07 Å². The Morgan fingerprint density at radius 2 is 2.05 bits per heavy atom. The topological polar surface area (TPSA) is 58.6 Å². The van der Waals surface area contributed by atoms with E-state index in [-0.39, 0.29) is 17.3 Å². The molecule has 0 radical (unpaired) electrons. The quantitative estimate of drug-likeness (QED) is 0.910. The van der Waals surface area contributed by atoms with Crippen molar-refractivity contribution >= 4 is 34.0 Å². The first-order valence-corrected chi connectivity index (χ1v) is 7.92. The Balaban J connectivity index is 0.00000200. The molecule has 1 aromatic carbocycles. The van der Waals surface area contributed by atoms with Gasteiger partial charge in [-0.15, -0.1) is 12.4 Å². The predicted molar refractivity (Wildman–Crippen MR) is 81.5 cm³/mol. The molecule has 1 aliphatic heterocycles. The molecule has 0 saturated carbocycles. The Bertz CT molecular complexity index is 544. The molecule has 5 nitrogen and oxygen atoms in total. The minimum absolute atomic E-state index is 0. The van der Waals surface area contributed by atoms with Gasteiger partial charge in [0, 0.05) is 19.6 Å². The van der Waals surface area contributed by atoms with Crippen molar-refractivity contribution in [3.8, 4) is 5.75 Å². The average molecular weight is 341 g/mol. The van der Waals surface area contributed by atoms with Crippen molar-refractivity contribution in [1.82, 2.24) is 9.62 Å². The van der Waals surface area contributed by atoms with E-state index in [0.717, 1.165) is 13.0 Å². The van der Waals surface area contributed by atoms with Crippen LogP contribution in [-0.4, -0.2) is 46.0 Å². The molecule has 1 saturated heterocycles. The molecular weight excluding hydrogens is 323 g/mol. The number of sulfonamides is 1. The summed E-state index contributed by atoms with van der Waals surface area (Å²) in [4.78, 5) is 0.209. The average Bonchev–Trinajstić information content (AvgIpc) is 2.67. The zero-order chi connectivity index (χ0) is 13.9. The number of hydrogen-bond acceptors (Lipinski definition) is 4. The molecule has 0 atom stereocenters. The molecule has 2 rings (SSSR count). The summed E-state index contributed by atoms with van der Waals surface area (Å²) < 4.78 is 31.5. The minimum atomic E-state index is -3.48. The van der Waals surface area contributed by atoms with Gasteiger partial charge in [-0.05, 0) is 31.2 Å². The van der Waals surface area contributed by atoms with Crippen LogP contribution in [0.5, 0.6) is 5.75 Å². The number of nitrogens with one attached hydrogen (secondary N) is 1. The van der Waals surface area contributed by atoms with E-state index in [0.29, 0.717) is 30.4 Å². The smallest absolute Gasteiger partial charge is 0.243 e. The molecule has 1 heterocycles. The van der Waals surface area contributed by atoms with Gasteiger partial charge in [0.25, 0.3) is 0 Å². The molecule has 0 spiro atoms. The van der Waals surface area contributed by atoms with Crippen molar-refractivity contribution in [3.63, 3.8) is 0 Å². The summed E-state index contributed by atoms with van der Waals surface area (Å²) in [5.41, 5.74) is 0. The lowest BCUT2D eigenvalue weighted by Gasteiger charge is -2.20. The highest BCUT2D eigenvalue weighted by atomic mass is 35.5. The maximum atomic E-state index is 12.5. The van der Waals surface area contributed by atoms with E-state index in [1.807, 2.05) is 0 Å². The molecule has 1 N–H and O–H groups in total. The molecule has 0 aliphatic carbocycles. The highest BCUT2D eigenvalue weighted by Crippen LogP contribution is 2.28. The Morgan fingerprint density at radius 3 is 2.70 bits per heavy atom. The van der Waals surface area contributed by atoms with Crippen LogP contribution < -0.4 is 10.1 Å². The van der Waals surface area contributed by atoms with Gasteiger partial charge >= 0.3 is 0 Å². The van der Waals surface area contributed by atoms with Crippen LogP contribution in [0, 0.1) is 0 Å². The number of ether oxygens (including phenoxy) is 1. The fourth-order valence-electron chi connectivity index (χ4n) is 2.02. The Morgan fingerprint density at radius 1 is 1.30 bits per heavy atom. The van der Waals surface area contributed by atoms with Crippen LogP contribution in [0.25, 0.3) is 0 Å². The van der Waals surface area contributed by atoms with E-state index in [1.165, 1.54) is 23.5 Å². The van der Waals surface area contributed by atoms with Gasteiger partial charge in [0.15, 0.2) is 0 Å². The fraction of sp³-hybridized carbons (Fsp3) is 0.500. The number of methoxy groups -OCH3 is 1. The molecule has 114 valence electrons. The maximum Gasteiger partial charge on any atom is 0.243 e. The van der Waals surface area contributed by atoms with Crippen LogP contribution in [0.1, 0.15) is 6.42 Å². The number of hydrogen-bond donors (Lipinski definition) is 1. The third-order valence-corrected chi connectivity index (χ3v) is 5.25. The van der Waals surface area contributed by atoms with Gasteiger partial charge in [0.05, 0.1) is 17.0 Å². The molecule has 1 fully saturated rings. The molecule has 1 aromatic rings. The summed E-state index contributed by atoms with van der Waals surface area (Å²) in [5, 5.41) is 3.48. The van der Waals surface area contributed by atoms with Gasteiger partial charge in [0.1, 0.15) is 5.75 Å². The fourth-order valence-corrected chi connectivity index (χ4v) is 3.85. The maximum absolute atomic E-state index is 12.5. The molecule has 8 heteroatoms. The lowest BCUT2D eigenvalue weighted by molar-refractivity contribution is 0.414. The van der Waals surface area contributed by atoms with Crippen molar-refractivity contribution < 1.29 is 13.2 Å². The third-order valence-electron chi connectivity index (χ3n) is 3.06. The first kappa shape index (κ1) is 17.5. The van der Waals surface area contributed by atoms with Crippen LogP contribution in [0.3, 0.4) is 0 Å². The van der Waals surface area contributed by atoms with E-state index >= 15 is 0 Å². The van der Waals surface area contributed by atoms with E-state index in [2.05, 4.69) is 5.32 Å². The highest BCUT2D eigenvalue weighted by Gasteiger charge is 2.25. The van der Waals surface area contributed by atoms with Gasteiger partial charge in [0.2, 0.25) is 10.0 Å². The second kappa shape index (κ2) is 7.47. The van der Waals surface area contributed by atoms with Crippen molar-refractivity contribution in [3.05, 3.63) is 23.2 Å². The van der Waals surface area contributed by atoms with Gasteiger partial charge in [-0.2, -0.15) is 4.31 Å². The molecule has 0 amide bonds. The molecule has 0 aromatic heterocycles. The lowest BCUT2D eigenvalue weighted by Crippen LogP contribution is -2.34. The third kappa shape index (κ3) is 3.77. The summed E-state index contributed by atoms with van der Waals surface area (Å²) in [6, 6.07) is 4.54. The van der Waals surface area contributed by atoms with Crippen LogP contribution in [0.4, 0.5) is 0 Å². The summed E-state index contributed by atoms with van der Waals surface area (Å²) in [7, 11) is -1.98. The normalized spacial score (nSPS) is 17.1. The van der Waals surface area contributed by atoms with Gasteiger partial charge < -0.3 is 10.1 Å². The van der Waals surface area contributed by atoms with Crippen LogP contribution in [0.2, 0.25) is 5.02 Å². The first-order chi connectivity index (χ1) is 9.05. The summed E-state index contributed by atoms with van der Waals surface area (Å²) in [6.45, 7) is 2.52. The molecular formula is C12H18Cl2N2O3S. The zero-order valence-electron chi connectivity index (χ0n) is 11.1. The molecule has 0 bridgehead atoms. The second-order valence-electron chi connectivity index (χ2n) is 4.30. The van der Waals surface area contributed by atoms with Crippen molar-refractivity contribution in [2.75, 3.05) is 33.3 Å². The Labute approximate surface area is 130 Å². The zero-order valence-corrected chi connectivity index (χ0v) is 13.5. The van der Waals surface area contributed by atoms with Crippen molar-refractivity contribution in [2.24, 2.45) is 0 Å². The molecule has 20 heavy (non-hydrogen) atoms. The second-order valence-corrected chi connectivity index (χ2v) is 6.65. The Kier molecular flexibility index (Phi) is 6.54. The summed E-state index contributed by atoms with van der Waals surface area (Å²) >= 11 is 5.99. The van der Waals surface area contributed by atoms with Crippen molar-refractivity contribution in [1.29, 1.82) is 0 Å². The Hall–Kier alpha value is -0.530. The number of benzene rings is 1. The van der Waals surface area contributed by atoms with Gasteiger partial charge in [-0.1, -0.05) is 11.6 Å². The SMILES string of the molecule is COc1ccc(S(=O)(=O)N2CCCNCC2)cc1Cl.Cl. The number of rotatable bonds is 3. The van der Waals surface area contributed by atoms with E-state index in [9.17, 15) is 8.42 Å². The van der Waals surface area contributed by atoms with Crippen LogP contribution >= 0.6 is 24.0 Å². The first-order valence-electron chi connectivity index (χ1n) is 6.10. The minimum Gasteiger partial charge on any atom is -0.495 e. The molecule has 1 aliphatic rings. The summed E-state index contributed by atoms with van der Waals surface area (Å²) in [5.74, 6) is 0.471. The van der Waals surface area contributed by atoms with Crippen LogP contribution in [0.15, 0.2) is 23.1 Å². The predicted octanol–water partition coefficient (Wildman–Crippen LogP) is 1.75. The van der Waals surface area contributed by atoms with Gasteiger partial charge in [-0.25, -0.2) is 8.42 Å². The van der Waals surface area contributed by atoms with Crippen LogP contribution in [-0.2, 0) is 10.0 Å². The number of halogens is 2. The van der Waals surface area contributed by atoms with Crippen molar-refractivity contribution in [2.45, 2.75) is 11.3 Å². The van der Waals surface area contributed by atoms with E-state index in [4.69, 9.17) is 16.3 Å². The van der Waals surface area contributed by atoms with Gasteiger partial charge in [-0.3, -0.25) is 0 Å². The lowest BCUT2D eigenvalue weighted by atomic mass is 10.3. The monoisotopic (exact) mass is 340 g/mol. The van der Waals surface area contributed by atoms with E-state index < -0.39 is 10.0 Å². The number of nitrogens with zero attached hydrogens (tertiary/aromatic N) is 1. The largest absolute Gasteiger partial charge is 0.495 e. The standard InChI is InChI=1S/C12H17ClN2O3S.ClH/c1-18-12-4-3-10(9-11(12)13)19(16,17)15-7-2-5-14-6-8-15;/h3-4,9,14H,2,5-8H2,1H3;1H.